The van der Waals surface area contributed by atoms with E-state index in [1.54, 1.807) is 0 Å². The summed E-state index contributed by atoms with van der Waals surface area (Å²) < 4.78 is 15.8. The Balaban J connectivity index is 1.95. The van der Waals surface area contributed by atoms with Crippen LogP contribution in [-0.2, 0) is 0 Å². The Hall–Kier alpha value is -0.670. The molecule has 0 aromatic heterocycles. The molecule has 1 saturated heterocycles. The molecule has 1 heterocycles. The third-order valence-corrected chi connectivity index (χ3v) is 4.97. The topological polar surface area (TPSA) is 24.1 Å². The zero-order valence-electron chi connectivity index (χ0n) is 12.0. The lowest BCUT2D eigenvalue weighted by molar-refractivity contribution is 0.0981. The Labute approximate surface area is 115 Å². The van der Waals surface area contributed by atoms with Gasteiger partial charge in [-0.1, -0.05) is 11.6 Å². The highest BCUT2D eigenvalue weighted by molar-refractivity contribution is 5.34. The molecule has 3 rings (SSSR count). The zero-order chi connectivity index (χ0) is 13.5. The fraction of sp³-hybridized carbons (Fsp3) is 0.750. The minimum absolute atomic E-state index is 0.0329. The van der Waals surface area contributed by atoms with Crippen LogP contribution in [0.15, 0.2) is 23.3 Å². The summed E-state index contributed by atoms with van der Waals surface area (Å²) in [5.41, 5.74) is 1.00. The molecular formula is C16H25FN2. The van der Waals surface area contributed by atoms with E-state index in [1.165, 1.54) is 5.57 Å². The quantitative estimate of drug-likeness (QED) is 0.711. The highest BCUT2D eigenvalue weighted by atomic mass is 19.1. The van der Waals surface area contributed by atoms with E-state index in [0.29, 0.717) is 6.17 Å². The van der Waals surface area contributed by atoms with E-state index >= 15 is 4.39 Å². The van der Waals surface area contributed by atoms with Crippen LogP contribution in [0.25, 0.3) is 0 Å². The Kier molecular flexibility index (Phi) is 3.52. The largest absolute Gasteiger partial charge is 0.302 e. The third kappa shape index (κ3) is 2.38. The van der Waals surface area contributed by atoms with Crippen molar-refractivity contribution < 1.29 is 4.39 Å². The summed E-state index contributed by atoms with van der Waals surface area (Å²) in [4.78, 5) is 0. The number of fused-ring (bicyclic) bond motifs is 1. The van der Waals surface area contributed by atoms with Gasteiger partial charge >= 0.3 is 0 Å². The van der Waals surface area contributed by atoms with Crippen molar-refractivity contribution in [2.45, 2.75) is 63.8 Å². The molecule has 0 aromatic carbocycles. The molecule has 1 fully saturated rings. The number of hydrogen-bond acceptors (Lipinski definition) is 2. The van der Waals surface area contributed by atoms with Crippen molar-refractivity contribution in [3.05, 3.63) is 23.3 Å². The van der Waals surface area contributed by atoms with Gasteiger partial charge in [-0.25, -0.2) is 4.39 Å². The molecule has 2 N–H and O–H groups in total. The van der Waals surface area contributed by atoms with E-state index in [1.807, 2.05) is 6.08 Å². The van der Waals surface area contributed by atoms with E-state index < -0.39 is 5.67 Å². The minimum Gasteiger partial charge on any atom is -0.302 e. The van der Waals surface area contributed by atoms with Crippen molar-refractivity contribution in [3.63, 3.8) is 0 Å². The summed E-state index contributed by atoms with van der Waals surface area (Å²) >= 11 is 0. The molecule has 3 aliphatic rings. The summed E-state index contributed by atoms with van der Waals surface area (Å²) in [5, 5.41) is 6.94. The summed E-state index contributed by atoms with van der Waals surface area (Å²) in [7, 11) is 0. The van der Waals surface area contributed by atoms with Crippen LogP contribution in [0.4, 0.5) is 4.39 Å². The molecule has 106 valence electrons. The summed E-state index contributed by atoms with van der Waals surface area (Å²) in [6.45, 7) is 4.98. The van der Waals surface area contributed by atoms with Crippen molar-refractivity contribution >= 4 is 0 Å². The maximum absolute atomic E-state index is 15.8. The SMILES string of the molecule is CC1=CC(F)(C2=CCCC2)C2CNC(C)NC2CC1. The highest BCUT2D eigenvalue weighted by Crippen LogP contribution is 2.44. The fourth-order valence-corrected chi connectivity index (χ4v) is 3.94. The van der Waals surface area contributed by atoms with E-state index in [0.717, 1.165) is 44.2 Å². The predicted octanol–water partition coefficient (Wildman–Crippen LogP) is 3.07. The first kappa shape index (κ1) is 13.3. The second-order valence-corrected chi connectivity index (χ2v) is 6.43. The molecular weight excluding hydrogens is 239 g/mol. The molecule has 0 bridgehead atoms. The van der Waals surface area contributed by atoms with E-state index in [9.17, 15) is 0 Å². The number of allylic oxidation sites excluding steroid dienone is 4. The van der Waals surface area contributed by atoms with Crippen molar-refractivity contribution in [3.8, 4) is 0 Å². The molecule has 3 heteroatoms. The molecule has 1 aliphatic heterocycles. The maximum atomic E-state index is 15.8. The monoisotopic (exact) mass is 264 g/mol. The van der Waals surface area contributed by atoms with Crippen molar-refractivity contribution in [1.82, 2.24) is 10.6 Å². The Morgan fingerprint density at radius 2 is 2.21 bits per heavy atom. The molecule has 0 aromatic rings. The van der Waals surface area contributed by atoms with Crippen LogP contribution in [0.2, 0.25) is 0 Å². The zero-order valence-corrected chi connectivity index (χ0v) is 12.0. The first-order valence-corrected chi connectivity index (χ1v) is 7.66. The van der Waals surface area contributed by atoms with E-state index in [-0.39, 0.29) is 12.0 Å². The second-order valence-electron chi connectivity index (χ2n) is 6.43. The van der Waals surface area contributed by atoms with Gasteiger partial charge in [-0.3, -0.25) is 5.32 Å². The lowest BCUT2D eigenvalue weighted by Gasteiger charge is -2.43. The number of rotatable bonds is 1. The van der Waals surface area contributed by atoms with Gasteiger partial charge in [0, 0.05) is 18.5 Å². The average molecular weight is 264 g/mol. The Bertz CT molecular complexity index is 415. The molecule has 19 heavy (non-hydrogen) atoms. The molecule has 2 aliphatic carbocycles. The van der Waals surface area contributed by atoms with Gasteiger partial charge in [-0.15, -0.1) is 0 Å². The molecule has 0 amide bonds. The predicted molar refractivity (Wildman–Crippen MR) is 76.6 cm³/mol. The molecule has 4 unspecified atom stereocenters. The van der Waals surface area contributed by atoms with Gasteiger partial charge < -0.3 is 5.32 Å². The van der Waals surface area contributed by atoms with Crippen molar-refractivity contribution in [2.24, 2.45) is 5.92 Å². The van der Waals surface area contributed by atoms with Gasteiger partial charge in [0.15, 0.2) is 5.67 Å². The number of nitrogens with one attached hydrogen (secondary N) is 2. The lowest BCUT2D eigenvalue weighted by Crippen LogP contribution is -2.61. The number of hydrogen-bond donors (Lipinski definition) is 2. The van der Waals surface area contributed by atoms with Crippen LogP contribution in [0, 0.1) is 5.92 Å². The van der Waals surface area contributed by atoms with E-state index in [2.05, 4.69) is 30.6 Å². The van der Waals surface area contributed by atoms with Crippen LogP contribution in [0.1, 0.15) is 46.0 Å². The van der Waals surface area contributed by atoms with Gasteiger partial charge in [0.05, 0.1) is 6.17 Å². The third-order valence-electron chi connectivity index (χ3n) is 4.97. The number of halogens is 1. The fourth-order valence-electron chi connectivity index (χ4n) is 3.94. The van der Waals surface area contributed by atoms with Crippen molar-refractivity contribution in [2.75, 3.05) is 6.54 Å². The first-order valence-electron chi connectivity index (χ1n) is 7.66. The summed E-state index contributed by atoms with van der Waals surface area (Å²) in [6, 6.07) is 0.288. The molecule has 0 spiro atoms. The summed E-state index contributed by atoms with van der Waals surface area (Å²) in [6.07, 6.45) is 9.52. The normalized spacial score (nSPS) is 43.2. The number of alkyl halides is 1. The molecule has 2 nitrogen and oxygen atoms in total. The summed E-state index contributed by atoms with van der Waals surface area (Å²) in [5.74, 6) is 0.0329. The van der Waals surface area contributed by atoms with Crippen LogP contribution in [-0.4, -0.2) is 24.4 Å². The average Bonchev–Trinajstić information content (AvgIpc) is 2.87. The highest BCUT2D eigenvalue weighted by Gasteiger charge is 2.47. The van der Waals surface area contributed by atoms with Gasteiger partial charge in [-0.05, 0) is 57.6 Å². The molecule has 0 radical (unpaired) electrons. The Morgan fingerprint density at radius 3 is 2.95 bits per heavy atom. The standard InChI is InChI=1S/C16H25FN2/c1-11-7-8-15-14(10-18-12(2)19-15)16(17,9-11)13-5-3-4-6-13/h5,9,12,14-15,18-19H,3-4,6-8,10H2,1-2H3. The lowest BCUT2D eigenvalue weighted by atomic mass is 9.76. The smallest absolute Gasteiger partial charge is 0.155 e. The van der Waals surface area contributed by atoms with Crippen LogP contribution >= 0.6 is 0 Å². The molecule has 0 saturated carbocycles. The van der Waals surface area contributed by atoms with Gasteiger partial charge in [-0.2, -0.15) is 0 Å². The van der Waals surface area contributed by atoms with Crippen molar-refractivity contribution in [1.29, 1.82) is 0 Å². The van der Waals surface area contributed by atoms with Crippen LogP contribution < -0.4 is 10.6 Å². The van der Waals surface area contributed by atoms with E-state index in [4.69, 9.17) is 0 Å². The Morgan fingerprint density at radius 1 is 1.37 bits per heavy atom. The van der Waals surface area contributed by atoms with Gasteiger partial charge in [0.2, 0.25) is 0 Å². The second kappa shape index (κ2) is 5.02. The van der Waals surface area contributed by atoms with Gasteiger partial charge in [0.25, 0.3) is 0 Å². The minimum atomic E-state index is -1.23. The molecule has 4 atom stereocenters. The first-order chi connectivity index (χ1) is 9.09. The van der Waals surface area contributed by atoms with Gasteiger partial charge in [0.1, 0.15) is 0 Å². The van der Waals surface area contributed by atoms with Crippen LogP contribution in [0.3, 0.4) is 0 Å². The maximum Gasteiger partial charge on any atom is 0.155 e. The van der Waals surface area contributed by atoms with Crippen LogP contribution in [0.5, 0.6) is 0 Å².